The fraction of sp³-hybridized carbons (Fsp3) is 0.692. The first-order valence-electron chi connectivity index (χ1n) is 6.82. The van der Waals surface area contributed by atoms with Crippen LogP contribution in [0.2, 0.25) is 5.02 Å². The zero-order valence-electron chi connectivity index (χ0n) is 10.7. The topological polar surface area (TPSA) is 67.2 Å². The lowest BCUT2D eigenvalue weighted by molar-refractivity contribution is 0.164. The number of aliphatic hydroxyl groups excluding tert-OH is 1. The van der Waals surface area contributed by atoms with Crippen molar-refractivity contribution in [1.29, 1.82) is 0 Å². The van der Waals surface area contributed by atoms with E-state index in [2.05, 4.69) is 10.4 Å². The van der Waals surface area contributed by atoms with Crippen LogP contribution in [0.15, 0.2) is 11.0 Å². The van der Waals surface area contributed by atoms with Gasteiger partial charge in [-0.05, 0) is 37.5 Å². The third-order valence-corrected chi connectivity index (χ3v) is 4.07. The highest BCUT2D eigenvalue weighted by Gasteiger charge is 2.30. The van der Waals surface area contributed by atoms with E-state index in [1.54, 1.807) is 0 Å². The normalized spacial score (nSPS) is 20.3. The maximum atomic E-state index is 12.2. The Labute approximate surface area is 116 Å². The summed E-state index contributed by atoms with van der Waals surface area (Å²) in [6.07, 6.45) is 5.56. The molecule has 2 saturated carbocycles. The van der Waals surface area contributed by atoms with Crippen LogP contribution >= 0.6 is 11.6 Å². The second-order valence-corrected chi connectivity index (χ2v) is 5.99. The minimum atomic E-state index is -0.402. The molecule has 6 heteroatoms. The summed E-state index contributed by atoms with van der Waals surface area (Å²) in [5.41, 5.74) is 0.166. The largest absolute Gasteiger partial charge is 0.391 e. The van der Waals surface area contributed by atoms with E-state index in [1.807, 2.05) is 0 Å². The van der Waals surface area contributed by atoms with Gasteiger partial charge in [-0.2, -0.15) is 5.10 Å². The molecule has 19 heavy (non-hydrogen) atoms. The van der Waals surface area contributed by atoms with Gasteiger partial charge in [0, 0.05) is 13.1 Å². The summed E-state index contributed by atoms with van der Waals surface area (Å²) >= 11 is 6.01. The lowest BCUT2D eigenvalue weighted by atomic mass is 10.2. The molecule has 2 fully saturated rings. The second kappa shape index (κ2) is 5.13. The molecule has 1 heterocycles. The molecule has 1 atom stereocenters. The number of hydrogen-bond acceptors (Lipinski definition) is 4. The molecule has 1 unspecified atom stereocenters. The van der Waals surface area contributed by atoms with Crippen LogP contribution < -0.4 is 10.9 Å². The van der Waals surface area contributed by atoms with Crippen LogP contribution in [-0.2, 0) is 6.54 Å². The van der Waals surface area contributed by atoms with Crippen LogP contribution in [0.4, 0.5) is 5.69 Å². The maximum Gasteiger partial charge on any atom is 0.291 e. The average molecular weight is 284 g/mol. The van der Waals surface area contributed by atoms with Gasteiger partial charge in [0.25, 0.3) is 5.56 Å². The Morgan fingerprint density at radius 3 is 2.84 bits per heavy atom. The van der Waals surface area contributed by atoms with Gasteiger partial charge in [0.15, 0.2) is 0 Å². The lowest BCUT2D eigenvalue weighted by Crippen LogP contribution is -2.30. The van der Waals surface area contributed by atoms with Crippen molar-refractivity contribution in [2.45, 2.75) is 38.3 Å². The summed E-state index contributed by atoms with van der Waals surface area (Å²) in [7, 11) is 0. The van der Waals surface area contributed by atoms with Gasteiger partial charge in [0.2, 0.25) is 0 Å². The number of aliphatic hydroxyl groups is 1. The van der Waals surface area contributed by atoms with Crippen LogP contribution in [0, 0.1) is 11.8 Å². The maximum absolute atomic E-state index is 12.2. The summed E-state index contributed by atoms with van der Waals surface area (Å²) in [5.74, 6) is 0.957. The fourth-order valence-corrected chi connectivity index (χ4v) is 2.35. The number of nitrogens with one attached hydrogen (secondary N) is 1. The Kier molecular flexibility index (Phi) is 3.50. The zero-order valence-corrected chi connectivity index (χ0v) is 11.4. The first-order valence-corrected chi connectivity index (χ1v) is 7.20. The highest BCUT2D eigenvalue weighted by Crippen LogP contribution is 2.33. The van der Waals surface area contributed by atoms with E-state index < -0.39 is 6.10 Å². The number of hydrogen-bond donors (Lipinski definition) is 2. The molecular formula is C13H18ClN3O2. The van der Waals surface area contributed by atoms with Crippen LogP contribution in [0.5, 0.6) is 0 Å². The predicted octanol–water partition coefficient (Wildman–Crippen LogP) is 1.49. The molecule has 2 N–H and O–H groups in total. The third kappa shape index (κ3) is 3.09. The SMILES string of the molecule is O=c1c(NCC(O)C2CC2)c(Cl)cnn1CC1CC1. The molecule has 0 radical (unpaired) electrons. The van der Waals surface area contributed by atoms with Crippen LogP contribution in [0.3, 0.4) is 0 Å². The van der Waals surface area contributed by atoms with E-state index >= 15 is 0 Å². The van der Waals surface area contributed by atoms with Crippen molar-refractivity contribution >= 4 is 17.3 Å². The Hall–Kier alpha value is -1.07. The Morgan fingerprint density at radius 2 is 2.21 bits per heavy atom. The summed E-state index contributed by atoms with van der Waals surface area (Å²) in [6.45, 7) is 1.03. The van der Waals surface area contributed by atoms with E-state index in [0.29, 0.717) is 35.6 Å². The van der Waals surface area contributed by atoms with Gasteiger partial charge in [-0.25, -0.2) is 4.68 Å². The van der Waals surface area contributed by atoms with Crippen molar-refractivity contribution in [2.24, 2.45) is 11.8 Å². The monoisotopic (exact) mass is 283 g/mol. The first-order chi connectivity index (χ1) is 9.15. The lowest BCUT2D eigenvalue weighted by Gasteiger charge is -2.13. The highest BCUT2D eigenvalue weighted by atomic mass is 35.5. The Morgan fingerprint density at radius 1 is 1.47 bits per heavy atom. The molecule has 0 amide bonds. The minimum absolute atomic E-state index is 0.192. The molecule has 2 aliphatic rings. The quantitative estimate of drug-likeness (QED) is 0.830. The molecule has 0 spiro atoms. The van der Waals surface area contributed by atoms with Crippen LogP contribution in [0.1, 0.15) is 25.7 Å². The van der Waals surface area contributed by atoms with Crippen molar-refractivity contribution in [1.82, 2.24) is 9.78 Å². The number of aromatic nitrogens is 2. The van der Waals surface area contributed by atoms with Crippen LogP contribution in [0.25, 0.3) is 0 Å². The van der Waals surface area contributed by atoms with E-state index in [4.69, 9.17) is 11.6 Å². The molecular weight excluding hydrogens is 266 g/mol. The average Bonchev–Trinajstić information content (AvgIpc) is 3.26. The Balaban J connectivity index is 1.72. The third-order valence-electron chi connectivity index (χ3n) is 3.78. The van der Waals surface area contributed by atoms with Gasteiger partial charge in [-0.1, -0.05) is 11.6 Å². The smallest absolute Gasteiger partial charge is 0.291 e. The fourth-order valence-electron chi connectivity index (χ4n) is 2.16. The molecule has 0 saturated heterocycles. The van der Waals surface area contributed by atoms with E-state index in [-0.39, 0.29) is 5.56 Å². The number of anilines is 1. The molecule has 1 aromatic rings. The van der Waals surface area contributed by atoms with E-state index in [0.717, 1.165) is 12.8 Å². The van der Waals surface area contributed by atoms with Gasteiger partial charge in [-0.15, -0.1) is 0 Å². The minimum Gasteiger partial charge on any atom is -0.391 e. The molecule has 104 valence electrons. The van der Waals surface area contributed by atoms with Gasteiger partial charge in [0.05, 0.1) is 17.3 Å². The van der Waals surface area contributed by atoms with Gasteiger partial charge in [-0.3, -0.25) is 4.79 Å². The second-order valence-electron chi connectivity index (χ2n) is 5.58. The molecule has 0 aromatic carbocycles. The van der Waals surface area contributed by atoms with Crippen LogP contribution in [-0.4, -0.2) is 27.5 Å². The highest BCUT2D eigenvalue weighted by molar-refractivity contribution is 6.32. The molecule has 0 aliphatic heterocycles. The van der Waals surface area contributed by atoms with Crippen molar-refractivity contribution < 1.29 is 5.11 Å². The predicted molar refractivity (Wildman–Crippen MR) is 73.5 cm³/mol. The van der Waals surface area contributed by atoms with Crippen molar-refractivity contribution in [2.75, 3.05) is 11.9 Å². The van der Waals surface area contributed by atoms with Gasteiger partial charge >= 0.3 is 0 Å². The molecule has 0 bridgehead atoms. The standard InChI is InChI=1S/C13H18ClN3O2/c14-10-5-16-17(7-8-1-2-8)13(19)12(10)15-6-11(18)9-3-4-9/h5,8-9,11,15,18H,1-4,6-7H2. The number of rotatable bonds is 6. The number of nitrogens with zero attached hydrogens (tertiary/aromatic N) is 2. The van der Waals surface area contributed by atoms with Crippen molar-refractivity contribution in [3.05, 3.63) is 21.6 Å². The van der Waals surface area contributed by atoms with E-state index in [1.165, 1.54) is 23.7 Å². The summed E-state index contributed by atoms with van der Waals surface area (Å²) < 4.78 is 1.47. The van der Waals surface area contributed by atoms with E-state index in [9.17, 15) is 9.90 Å². The Bertz CT molecular complexity index is 523. The van der Waals surface area contributed by atoms with Crippen molar-refractivity contribution in [3.8, 4) is 0 Å². The molecule has 5 nitrogen and oxygen atoms in total. The summed E-state index contributed by atoms with van der Waals surface area (Å²) in [6, 6.07) is 0. The van der Waals surface area contributed by atoms with Gasteiger partial charge < -0.3 is 10.4 Å². The molecule has 2 aliphatic carbocycles. The number of halogens is 1. The molecule has 1 aromatic heterocycles. The summed E-state index contributed by atoms with van der Waals surface area (Å²) in [4.78, 5) is 12.2. The zero-order chi connectivity index (χ0) is 13.4. The first kappa shape index (κ1) is 12.9. The summed E-state index contributed by atoms with van der Waals surface area (Å²) in [5, 5.41) is 17.2. The molecule has 3 rings (SSSR count). The van der Waals surface area contributed by atoms with Crippen molar-refractivity contribution in [3.63, 3.8) is 0 Å². The van der Waals surface area contributed by atoms with Gasteiger partial charge in [0.1, 0.15) is 5.69 Å².